The number of aromatic amines is 1. The van der Waals surface area contributed by atoms with Gasteiger partial charge in [0.25, 0.3) is 5.91 Å². The molecule has 4 heterocycles. The van der Waals surface area contributed by atoms with Gasteiger partial charge >= 0.3 is 0 Å². The lowest BCUT2D eigenvalue weighted by Crippen LogP contribution is -2.40. The van der Waals surface area contributed by atoms with Gasteiger partial charge in [0.1, 0.15) is 5.69 Å². The number of pyridine rings is 1. The maximum Gasteiger partial charge on any atom is 0.255 e. The molecule has 0 unspecified atom stereocenters. The first-order chi connectivity index (χ1) is 13.6. The molecule has 3 aromatic heterocycles. The number of carbonyl (C=O) groups is 1. The second-order valence-electron chi connectivity index (χ2n) is 7.15. The van der Waals surface area contributed by atoms with E-state index >= 15 is 0 Å². The molecule has 4 rings (SSSR count). The predicted molar refractivity (Wildman–Crippen MR) is 104 cm³/mol. The van der Waals surface area contributed by atoms with Crippen LogP contribution in [0.1, 0.15) is 28.9 Å². The average molecular weight is 378 g/mol. The second-order valence-corrected chi connectivity index (χ2v) is 7.15. The van der Waals surface area contributed by atoms with Crippen LogP contribution in [0.2, 0.25) is 0 Å². The molecule has 0 spiro atoms. The summed E-state index contributed by atoms with van der Waals surface area (Å²) in [6.07, 6.45) is 11.2. The zero-order valence-electron chi connectivity index (χ0n) is 15.7. The van der Waals surface area contributed by atoms with E-state index in [1.165, 1.54) is 12.3 Å². The molecule has 1 fully saturated rings. The van der Waals surface area contributed by atoms with Crippen molar-refractivity contribution in [3.63, 3.8) is 0 Å². The fourth-order valence-electron chi connectivity index (χ4n) is 3.73. The van der Waals surface area contributed by atoms with Crippen LogP contribution in [-0.2, 0) is 13.5 Å². The largest absolute Gasteiger partial charge is 0.338 e. The summed E-state index contributed by atoms with van der Waals surface area (Å²) in [7, 11) is 1.94. The van der Waals surface area contributed by atoms with Gasteiger partial charge in [0.15, 0.2) is 0 Å². The van der Waals surface area contributed by atoms with Gasteiger partial charge in [-0.25, -0.2) is 4.98 Å². The number of piperidine rings is 1. The highest BCUT2D eigenvalue weighted by atomic mass is 16.2. The lowest BCUT2D eigenvalue weighted by atomic mass is 9.92. The van der Waals surface area contributed by atoms with Gasteiger partial charge in [-0.1, -0.05) is 0 Å². The van der Waals surface area contributed by atoms with E-state index in [9.17, 15) is 9.59 Å². The number of rotatable bonds is 4. The maximum atomic E-state index is 12.8. The standard InChI is InChI=1S/C20H22N6O2/c1-25-13-21-11-17(25)19-16(22-6-7-23-19)9-14-3-2-8-26(12-14)20(28)15-4-5-18(27)24-10-15/h4-7,10-11,13-14H,2-3,8-9,12H2,1H3,(H,24,27)/t14-/m1/s1. The molecule has 1 amide bonds. The number of nitrogens with zero attached hydrogens (tertiary/aromatic N) is 5. The summed E-state index contributed by atoms with van der Waals surface area (Å²) in [6, 6.07) is 2.96. The third-order valence-corrected chi connectivity index (χ3v) is 5.15. The number of imidazole rings is 1. The number of aryl methyl sites for hydroxylation is 1. The molecule has 0 aromatic carbocycles. The highest BCUT2D eigenvalue weighted by Gasteiger charge is 2.26. The van der Waals surface area contributed by atoms with Crippen LogP contribution >= 0.6 is 0 Å². The number of hydrogen-bond acceptors (Lipinski definition) is 5. The van der Waals surface area contributed by atoms with Crippen molar-refractivity contribution < 1.29 is 4.79 Å². The molecule has 0 radical (unpaired) electrons. The molecule has 0 aliphatic carbocycles. The van der Waals surface area contributed by atoms with Crippen LogP contribution in [0.25, 0.3) is 11.4 Å². The van der Waals surface area contributed by atoms with Gasteiger partial charge in [0.05, 0.1) is 29.5 Å². The quantitative estimate of drug-likeness (QED) is 0.745. The number of carbonyl (C=O) groups excluding carboxylic acids is 1. The summed E-state index contributed by atoms with van der Waals surface area (Å²) in [5, 5.41) is 0. The van der Waals surface area contributed by atoms with E-state index in [1.807, 2.05) is 16.5 Å². The van der Waals surface area contributed by atoms with E-state index in [4.69, 9.17) is 0 Å². The van der Waals surface area contributed by atoms with Crippen LogP contribution in [0.15, 0.2) is 48.0 Å². The summed E-state index contributed by atoms with van der Waals surface area (Å²) in [5.74, 6) is 0.260. The van der Waals surface area contributed by atoms with Crippen LogP contribution in [0.3, 0.4) is 0 Å². The lowest BCUT2D eigenvalue weighted by Gasteiger charge is -2.33. The van der Waals surface area contributed by atoms with Crippen LogP contribution in [0.5, 0.6) is 0 Å². The van der Waals surface area contributed by atoms with Crippen molar-refractivity contribution >= 4 is 5.91 Å². The van der Waals surface area contributed by atoms with Crippen LogP contribution in [0.4, 0.5) is 0 Å². The van der Waals surface area contributed by atoms with Crippen molar-refractivity contribution in [2.24, 2.45) is 13.0 Å². The van der Waals surface area contributed by atoms with Crippen molar-refractivity contribution in [3.05, 3.63) is 64.9 Å². The number of nitrogens with one attached hydrogen (secondary N) is 1. The van der Waals surface area contributed by atoms with Crippen molar-refractivity contribution in [1.82, 2.24) is 29.4 Å². The average Bonchev–Trinajstić information content (AvgIpc) is 3.14. The number of amides is 1. The van der Waals surface area contributed by atoms with E-state index < -0.39 is 0 Å². The van der Waals surface area contributed by atoms with Gasteiger partial charge in [0, 0.05) is 44.8 Å². The van der Waals surface area contributed by atoms with Crippen molar-refractivity contribution in [2.45, 2.75) is 19.3 Å². The second kappa shape index (κ2) is 7.75. The van der Waals surface area contributed by atoms with E-state index in [-0.39, 0.29) is 11.5 Å². The van der Waals surface area contributed by atoms with Crippen LogP contribution < -0.4 is 5.56 Å². The summed E-state index contributed by atoms with van der Waals surface area (Å²) in [5.41, 5.74) is 3.00. The molecule has 28 heavy (non-hydrogen) atoms. The molecule has 8 nitrogen and oxygen atoms in total. The zero-order valence-corrected chi connectivity index (χ0v) is 15.7. The fraction of sp³-hybridized carbons (Fsp3) is 0.350. The number of hydrogen-bond donors (Lipinski definition) is 1. The van der Waals surface area contributed by atoms with E-state index in [1.54, 1.807) is 31.0 Å². The number of aromatic nitrogens is 5. The highest BCUT2D eigenvalue weighted by molar-refractivity contribution is 5.93. The highest BCUT2D eigenvalue weighted by Crippen LogP contribution is 2.26. The number of likely N-dealkylation sites (tertiary alicyclic amines) is 1. The third kappa shape index (κ3) is 3.71. The zero-order chi connectivity index (χ0) is 19.5. The van der Waals surface area contributed by atoms with Gasteiger partial charge < -0.3 is 14.5 Å². The summed E-state index contributed by atoms with van der Waals surface area (Å²) in [6.45, 7) is 1.39. The normalized spacial score (nSPS) is 16.9. The van der Waals surface area contributed by atoms with Gasteiger partial charge in [-0.2, -0.15) is 0 Å². The molecule has 144 valence electrons. The fourth-order valence-corrected chi connectivity index (χ4v) is 3.73. The van der Waals surface area contributed by atoms with Crippen molar-refractivity contribution in [2.75, 3.05) is 13.1 Å². The van der Waals surface area contributed by atoms with Crippen LogP contribution in [0, 0.1) is 5.92 Å². The van der Waals surface area contributed by atoms with Gasteiger partial charge in [-0.3, -0.25) is 19.6 Å². The maximum absolute atomic E-state index is 12.8. The Balaban J connectivity index is 1.51. The smallest absolute Gasteiger partial charge is 0.255 e. The van der Waals surface area contributed by atoms with Crippen molar-refractivity contribution in [3.8, 4) is 11.4 Å². The van der Waals surface area contributed by atoms with Crippen molar-refractivity contribution in [1.29, 1.82) is 0 Å². The molecular formula is C20H22N6O2. The molecule has 0 saturated carbocycles. The predicted octanol–water partition coefficient (Wildman–Crippen LogP) is 1.66. The first kappa shape index (κ1) is 18.1. The van der Waals surface area contributed by atoms with Gasteiger partial charge in [-0.15, -0.1) is 0 Å². The molecule has 3 aromatic rings. The third-order valence-electron chi connectivity index (χ3n) is 5.15. The molecular weight excluding hydrogens is 356 g/mol. The number of H-pyrrole nitrogens is 1. The minimum atomic E-state index is -0.210. The summed E-state index contributed by atoms with van der Waals surface area (Å²) >= 11 is 0. The Labute approximate surface area is 162 Å². The molecule has 8 heteroatoms. The molecule has 1 aliphatic heterocycles. The Bertz CT molecular complexity index is 1020. The van der Waals surface area contributed by atoms with E-state index in [2.05, 4.69) is 19.9 Å². The van der Waals surface area contributed by atoms with Gasteiger partial charge in [-0.05, 0) is 31.2 Å². The monoisotopic (exact) mass is 378 g/mol. The Morgan fingerprint density at radius 2 is 2.14 bits per heavy atom. The SMILES string of the molecule is Cn1cncc1-c1nccnc1C[C@H]1CCCN(C(=O)c2ccc(=O)[nH]c2)C1. The Morgan fingerprint density at radius 1 is 1.29 bits per heavy atom. The minimum absolute atomic E-state index is 0.0491. The molecule has 0 bridgehead atoms. The Kier molecular flexibility index (Phi) is 5.01. The Hall–Kier alpha value is -3.29. The molecule has 1 saturated heterocycles. The molecule has 1 aliphatic rings. The van der Waals surface area contributed by atoms with Gasteiger partial charge in [0.2, 0.25) is 5.56 Å². The lowest BCUT2D eigenvalue weighted by molar-refractivity contribution is 0.0672. The first-order valence-electron chi connectivity index (χ1n) is 9.36. The molecule has 1 atom stereocenters. The summed E-state index contributed by atoms with van der Waals surface area (Å²) < 4.78 is 1.93. The minimum Gasteiger partial charge on any atom is -0.338 e. The van der Waals surface area contributed by atoms with Crippen LogP contribution in [-0.4, -0.2) is 48.4 Å². The molecule has 1 N–H and O–H groups in total. The topological polar surface area (TPSA) is 96.8 Å². The summed E-state index contributed by atoms with van der Waals surface area (Å²) in [4.78, 5) is 41.7. The first-order valence-corrected chi connectivity index (χ1v) is 9.36. The van der Waals surface area contributed by atoms with E-state index in [0.29, 0.717) is 18.0 Å². The van der Waals surface area contributed by atoms with E-state index in [0.717, 1.165) is 42.9 Å². The Morgan fingerprint density at radius 3 is 2.89 bits per heavy atom.